The van der Waals surface area contributed by atoms with Crippen LogP contribution in [0.2, 0.25) is 0 Å². The minimum atomic E-state index is -0.468. The predicted molar refractivity (Wildman–Crippen MR) is 62.9 cm³/mol. The Morgan fingerprint density at radius 3 is 2.82 bits per heavy atom. The summed E-state index contributed by atoms with van der Waals surface area (Å²) in [5.41, 5.74) is 5.27. The Morgan fingerprint density at radius 1 is 1.53 bits per heavy atom. The number of nitrogens with two attached hydrogens (primary N) is 1. The van der Waals surface area contributed by atoms with E-state index in [-0.39, 0.29) is 17.5 Å². The Hall–Kier alpha value is -1.40. The molecule has 6 heteroatoms. The van der Waals surface area contributed by atoms with Crippen molar-refractivity contribution in [2.24, 2.45) is 11.7 Å². The van der Waals surface area contributed by atoms with Gasteiger partial charge in [0, 0.05) is 17.8 Å². The van der Waals surface area contributed by atoms with Crippen LogP contribution in [0.5, 0.6) is 0 Å². The number of hydrogen-bond acceptors (Lipinski definition) is 4. The lowest BCUT2D eigenvalue weighted by molar-refractivity contribution is 0.135. The fourth-order valence-corrected chi connectivity index (χ4v) is 2.41. The molecule has 4 N–H and O–H groups in total. The Bertz CT molecular complexity index is 519. The van der Waals surface area contributed by atoms with Crippen molar-refractivity contribution in [2.45, 2.75) is 31.9 Å². The molecular weight excluding hydrogens is 222 g/mol. The van der Waals surface area contributed by atoms with Crippen molar-refractivity contribution >= 4 is 0 Å². The van der Waals surface area contributed by atoms with E-state index in [1.807, 2.05) is 0 Å². The average molecular weight is 239 g/mol. The van der Waals surface area contributed by atoms with Gasteiger partial charge >= 0.3 is 5.69 Å². The Kier molecular flexibility index (Phi) is 3.17. The van der Waals surface area contributed by atoms with Crippen molar-refractivity contribution in [1.29, 1.82) is 0 Å². The quantitative estimate of drug-likeness (QED) is 0.623. The highest BCUT2D eigenvalue weighted by atomic mass is 16.3. The standard InChI is InChI=1S/C11H17N3O3/c1-6-5-14(11(17)13-10(6)16)8-2-7(4-12)9(15)3-8/h5,7-9,15H,2-4,12H2,1H3,(H,13,16,17)/t7-,8-,9+/m0/s1. The van der Waals surface area contributed by atoms with Crippen molar-refractivity contribution in [3.8, 4) is 0 Å². The molecule has 3 atom stereocenters. The van der Waals surface area contributed by atoms with E-state index in [1.54, 1.807) is 13.1 Å². The maximum atomic E-state index is 11.7. The lowest BCUT2D eigenvalue weighted by atomic mass is 10.1. The third-order valence-corrected chi connectivity index (χ3v) is 3.47. The van der Waals surface area contributed by atoms with E-state index in [2.05, 4.69) is 4.98 Å². The van der Waals surface area contributed by atoms with Crippen LogP contribution >= 0.6 is 0 Å². The minimum Gasteiger partial charge on any atom is -0.393 e. The molecule has 1 aliphatic rings. The van der Waals surface area contributed by atoms with Crippen LogP contribution in [0.4, 0.5) is 0 Å². The van der Waals surface area contributed by atoms with Gasteiger partial charge < -0.3 is 10.8 Å². The third kappa shape index (κ3) is 2.18. The zero-order valence-corrected chi connectivity index (χ0v) is 9.72. The first-order valence-corrected chi connectivity index (χ1v) is 5.73. The van der Waals surface area contributed by atoms with Crippen LogP contribution in [0.3, 0.4) is 0 Å². The fourth-order valence-electron chi connectivity index (χ4n) is 2.41. The molecule has 0 spiro atoms. The largest absolute Gasteiger partial charge is 0.393 e. The van der Waals surface area contributed by atoms with Gasteiger partial charge in [0.25, 0.3) is 5.56 Å². The second kappa shape index (κ2) is 4.46. The number of aliphatic hydroxyl groups excluding tert-OH is 1. The molecule has 0 amide bonds. The molecule has 6 nitrogen and oxygen atoms in total. The molecule has 0 radical (unpaired) electrons. The van der Waals surface area contributed by atoms with Gasteiger partial charge in [0.1, 0.15) is 0 Å². The summed E-state index contributed by atoms with van der Waals surface area (Å²) in [5, 5.41) is 9.77. The maximum absolute atomic E-state index is 11.7. The summed E-state index contributed by atoms with van der Waals surface area (Å²) in [6.07, 6.45) is 2.26. The van der Waals surface area contributed by atoms with Crippen molar-refractivity contribution in [3.05, 3.63) is 32.6 Å². The highest BCUT2D eigenvalue weighted by Gasteiger charge is 2.33. The normalized spacial score (nSPS) is 28.5. The molecule has 0 unspecified atom stereocenters. The highest BCUT2D eigenvalue weighted by Crippen LogP contribution is 2.33. The van der Waals surface area contributed by atoms with E-state index in [9.17, 15) is 14.7 Å². The van der Waals surface area contributed by atoms with Crippen molar-refractivity contribution in [3.63, 3.8) is 0 Å². The number of nitrogens with zero attached hydrogens (tertiary/aromatic N) is 1. The van der Waals surface area contributed by atoms with Crippen LogP contribution < -0.4 is 17.0 Å². The molecule has 0 aliphatic heterocycles. The lowest BCUT2D eigenvalue weighted by Gasteiger charge is -2.13. The molecule has 1 fully saturated rings. The van der Waals surface area contributed by atoms with Crippen LogP contribution in [0.1, 0.15) is 24.4 Å². The average Bonchev–Trinajstić information content (AvgIpc) is 2.65. The van der Waals surface area contributed by atoms with Gasteiger partial charge in [0.2, 0.25) is 0 Å². The maximum Gasteiger partial charge on any atom is 0.328 e. The summed E-state index contributed by atoms with van der Waals surface area (Å²) in [6, 6.07) is -0.0819. The summed E-state index contributed by atoms with van der Waals surface area (Å²) in [5.74, 6) is 0.0270. The summed E-state index contributed by atoms with van der Waals surface area (Å²) < 4.78 is 1.50. The van der Waals surface area contributed by atoms with Gasteiger partial charge in [-0.25, -0.2) is 4.79 Å². The van der Waals surface area contributed by atoms with Crippen LogP contribution in [0, 0.1) is 12.8 Å². The summed E-state index contributed by atoms with van der Waals surface area (Å²) in [7, 11) is 0. The van der Waals surface area contributed by atoms with E-state index in [0.717, 1.165) is 0 Å². The van der Waals surface area contributed by atoms with E-state index in [4.69, 9.17) is 5.73 Å². The molecule has 2 rings (SSSR count). The van der Waals surface area contributed by atoms with Crippen LogP contribution in [-0.4, -0.2) is 27.3 Å². The zero-order valence-electron chi connectivity index (χ0n) is 9.72. The second-order valence-corrected chi connectivity index (χ2v) is 4.67. The number of aliphatic hydroxyl groups is 1. The highest BCUT2D eigenvalue weighted by molar-refractivity contribution is 5.03. The van der Waals surface area contributed by atoms with E-state index in [1.165, 1.54) is 4.57 Å². The van der Waals surface area contributed by atoms with E-state index >= 15 is 0 Å². The number of hydrogen-bond donors (Lipinski definition) is 3. The number of nitrogens with one attached hydrogen (secondary N) is 1. The van der Waals surface area contributed by atoms with E-state index < -0.39 is 11.8 Å². The van der Waals surface area contributed by atoms with Crippen molar-refractivity contribution in [2.75, 3.05) is 6.54 Å². The molecular formula is C11H17N3O3. The molecule has 94 valence electrons. The Labute approximate surface area is 98.1 Å². The smallest absolute Gasteiger partial charge is 0.328 e. The molecule has 1 aliphatic carbocycles. The molecule has 1 heterocycles. The minimum absolute atomic E-state index is 0.0270. The first-order chi connectivity index (χ1) is 8.02. The van der Waals surface area contributed by atoms with Crippen LogP contribution in [-0.2, 0) is 0 Å². The number of rotatable bonds is 2. The number of H-pyrrole nitrogens is 1. The van der Waals surface area contributed by atoms with Gasteiger partial charge in [-0.15, -0.1) is 0 Å². The summed E-state index contributed by atoms with van der Waals surface area (Å²) in [4.78, 5) is 25.2. The van der Waals surface area contributed by atoms with Crippen molar-refractivity contribution in [1.82, 2.24) is 9.55 Å². The Balaban J connectivity index is 2.34. The first-order valence-electron chi connectivity index (χ1n) is 5.73. The predicted octanol–water partition coefficient (Wildman–Crippen LogP) is -0.884. The topological polar surface area (TPSA) is 101 Å². The van der Waals surface area contributed by atoms with Crippen LogP contribution in [0.25, 0.3) is 0 Å². The van der Waals surface area contributed by atoms with Gasteiger partial charge in [0.05, 0.1) is 6.10 Å². The molecule has 1 aromatic heterocycles. The number of aromatic nitrogens is 2. The molecule has 0 bridgehead atoms. The van der Waals surface area contributed by atoms with E-state index in [0.29, 0.717) is 24.9 Å². The van der Waals surface area contributed by atoms with Gasteiger partial charge in [-0.1, -0.05) is 0 Å². The second-order valence-electron chi connectivity index (χ2n) is 4.67. The first kappa shape index (κ1) is 12.1. The van der Waals surface area contributed by atoms with Crippen molar-refractivity contribution < 1.29 is 5.11 Å². The summed E-state index contributed by atoms with van der Waals surface area (Å²) in [6.45, 7) is 2.06. The summed E-state index contributed by atoms with van der Waals surface area (Å²) >= 11 is 0. The lowest BCUT2D eigenvalue weighted by Crippen LogP contribution is -2.32. The number of aryl methyl sites for hydroxylation is 1. The Morgan fingerprint density at radius 2 is 2.24 bits per heavy atom. The van der Waals surface area contributed by atoms with Gasteiger partial charge in [0.15, 0.2) is 0 Å². The molecule has 0 saturated heterocycles. The molecule has 1 aromatic rings. The van der Waals surface area contributed by atoms with Crippen LogP contribution in [0.15, 0.2) is 15.8 Å². The zero-order chi connectivity index (χ0) is 12.6. The molecule has 1 saturated carbocycles. The fraction of sp³-hybridized carbons (Fsp3) is 0.636. The molecule has 17 heavy (non-hydrogen) atoms. The number of aromatic amines is 1. The van der Waals surface area contributed by atoms with Gasteiger partial charge in [-0.3, -0.25) is 14.3 Å². The van der Waals surface area contributed by atoms with Gasteiger partial charge in [-0.05, 0) is 32.2 Å². The van der Waals surface area contributed by atoms with Gasteiger partial charge in [-0.2, -0.15) is 0 Å². The SMILES string of the molecule is Cc1cn([C@H]2C[C@@H](CN)[C@H](O)C2)c(=O)[nH]c1=O. The third-order valence-electron chi connectivity index (χ3n) is 3.47. The monoisotopic (exact) mass is 239 g/mol. The molecule has 0 aromatic carbocycles.